The maximum atomic E-state index is 6.30. The maximum Gasteiger partial charge on any atom is 0.191 e. The van der Waals surface area contributed by atoms with Crippen molar-refractivity contribution in [3.8, 4) is 0 Å². The molecular weight excluding hydrogens is 508 g/mol. The summed E-state index contributed by atoms with van der Waals surface area (Å²) in [6.07, 6.45) is 2.33. The van der Waals surface area contributed by atoms with Crippen LogP contribution in [-0.4, -0.2) is 68.6 Å². The molecule has 160 valence electrons. The molecule has 1 aliphatic rings. The van der Waals surface area contributed by atoms with E-state index in [1.165, 1.54) is 45.7 Å². The number of rotatable bonds is 8. The fourth-order valence-electron chi connectivity index (χ4n) is 3.33. The van der Waals surface area contributed by atoms with Crippen LogP contribution < -0.4 is 10.6 Å². The standard InChI is InChI=1S/C20H33Cl2N5.HI/c1-4-26-11-13-27(14-12-26)10-6-5-9-24-20(23-3)25-16(2)18-8-7-17(21)15-19(18)22;/h7-8,15-16H,4-6,9-14H2,1-3H3,(H2,23,24,25);1H. The van der Waals surface area contributed by atoms with Crippen molar-refractivity contribution in [1.29, 1.82) is 0 Å². The Morgan fingerprint density at radius 3 is 2.43 bits per heavy atom. The molecule has 0 spiro atoms. The summed E-state index contributed by atoms with van der Waals surface area (Å²) in [6, 6.07) is 5.63. The molecular formula is C20H34Cl2IN5. The van der Waals surface area contributed by atoms with Crippen molar-refractivity contribution >= 4 is 53.1 Å². The van der Waals surface area contributed by atoms with E-state index in [0.29, 0.717) is 10.0 Å². The number of nitrogens with one attached hydrogen (secondary N) is 2. The Balaban J connectivity index is 0.00000392. The van der Waals surface area contributed by atoms with Gasteiger partial charge in [-0.15, -0.1) is 24.0 Å². The van der Waals surface area contributed by atoms with Gasteiger partial charge in [-0.05, 0) is 50.6 Å². The number of piperazine rings is 1. The van der Waals surface area contributed by atoms with Gasteiger partial charge in [0.1, 0.15) is 0 Å². The average Bonchev–Trinajstić information content (AvgIpc) is 2.67. The highest BCUT2D eigenvalue weighted by molar-refractivity contribution is 14.0. The minimum absolute atomic E-state index is 0. The van der Waals surface area contributed by atoms with E-state index in [-0.39, 0.29) is 30.0 Å². The summed E-state index contributed by atoms with van der Waals surface area (Å²) >= 11 is 12.3. The molecule has 0 aromatic heterocycles. The molecule has 28 heavy (non-hydrogen) atoms. The minimum atomic E-state index is 0. The number of aliphatic imine (C=N–C) groups is 1. The number of benzene rings is 1. The summed E-state index contributed by atoms with van der Waals surface area (Å²) in [5, 5.41) is 8.10. The zero-order valence-electron chi connectivity index (χ0n) is 17.2. The number of halogens is 3. The molecule has 0 amide bonds. The molecule has 1 heterocycles. The third kappa shape index (κ3) is 8.61. The molecule has 2 rings (SSSR count). The van der Waals surface area contributed by atoms with E-state index >= 15 is 0 Å². The van der Waals surface area contributed by atoms with E-state index in [4.69, 9.17) is 23.2 Å². The maximum absolute atomic E-state index is 6.30. The van der Waals surface area contributed by atoms with E-state index in [0.717, 1.165) is 24.5 Å². The van der Waals surface area contributed by atoms with E-state index in [2.05, 4.69) is 39.3 Å². The molecule has 1 saturated heterocycles. The molecule has 0 saturated carbocycles. The minimum Gasteiger partial charge on any atom is -0.356 e. The van der Waals surface area contributed by atoms with Crippen LogP contribution in [0.15, 0.2) is 23.2 Å². The van der Waals surface area contributed by atoms with Crippen molar-refractivity contribution in [2.45, 2.75) is 32.7 Å². The van der Waals surface area contributed by atoms with Gasteiger partial charge in [-0.2, -0.15) is 0 Å². The summed E-state index contributed by atoms with van der Waals surface area (Å²) in [5.41, 5.74) is 1.01. The number of nitrogens with zero attached hydrogens (tertiary/aromatic N) is 3. The molecule has 0 aliphatic carbocycles. The van der Waals surface area contributed by atoms with E-state index in [1.807, 2.05) is 12.1 Å². The summed E-state index contributed by atoms with van der Waals surface area (Å²) in [6.45, 7) is 12.4. The predicted octanol–water partition coefficient (Wildman–Crippen LogP) is 4.26. The van der Waals surface area contributed by atoms with Crippen LogP contribution in [0.5, 0.6) is 0 Å². The lowest BCUT2D eigenvalue weighted by atomic mass is 10.1. The van der Waals surface area contributed by atoms with Crippen molar-refractivity contribution in [1.82, 2.24) is 20.4 Å². The van der Waals surface area contributed by atoms with E-state index in [1.54, 1.807) is 13.1 Å². The number of likely N-dealkylation sites (N-methyl/N-ethyl adjacent to an activating group) is 1. The second kappa shape index (κ2) is 13.9. The summed E-state index contributed by atoms with van der Waals surface area (Å²) < 4.78 is 0. The normalized spacial score (nSPS) is 17.1. The predicted molar refractivity (Wildman–Crippen MR) is 133 cm³/mol. The first kappa shape index (κ1) is 25.8. The monoisotopic (exact) mass is 541 g/mol. The SMILES string of the molecule is CCN1CCN(CCCCNC(=NC)NC(C)c2ccc(Cl)cc2Cl)CC1.I. The van der Waals surface area contributed by atoms with Gasteiger partial charge in [-0.3, -0.25) is 4.99 Å². The van der Waals surface area contributed by atoms with Gasteiger partial charge in [0.15, 0.2) is 5.96 Å². The summed E-state index contributed by atoms with van der Waals surface area (Å²) in [7, 11) is 1.79. The highest BCUT2D eigenvalue weighted by Gasteiger charge is 2.15. The molecule has 1 aliphatic heterocycles. The second-order valence-electron chi connectivity index (χ2n) is 7.01. The van der Waals surface area contributed by atoms with Crippen LogP contribution >= 0.6 is 47.2 Å². The second-order valence-corrected chi connectivity index (χ2v) is 7.86. The van der Waals surface area contributed by atoms with Gasteiger partial charge >= 0.3 is 0 Å². The molecule has 1 aromatic carbocycles. The Bertz CT molecular complexity index is 606. The molecule has 8 heteroatoms. The van der Waals surface area contributed by atoms with Gasteiger partial charge in [0, 0.05) is 49.8 Å². The molecule has 1 unspecified atom stereocenters. The first-order valence-corrected chi connectivity index (χ1v) is 10.7. The smallest absolute Gasteiger partial charge is 0.191 e. The molecule has 0 radical (unpaired) electrons. The molecule has 1 aromatic rings. The Morgan fingerprint density at radius 1 is 1.14 bits per heavy atom. The van der Waals surface area contributed by atoms with E-state index in [9.17, 15) is 0 Å². The zero-order valence-corrected chi connectivity index (χ0v) is 21.0. The summed E-state index contributed by atoms with van der Waals surface area (Å²) in [5.74, 6) is 0.796. The van der Waals surface area contributed by atoms with Gasteiger partial charge in [0.05, 0.1) is 6.04 Å². The van der Waals surface area contributed by atoms with Crippen LogP contribution in [-0.2, 0) is 0 Å². The van der Waals surface area contributed by atoms with Crippen molar-refractivity contribution in [3.63, 3.8) is 0 Å². The molecule has 5 nitrogen and oxygen atoms in total. The number of unbranched alkanes of at least 4 members (excludes halogenated alkanes) is 1. The lowest BCUT2D eigenvalue weighted by Gasteiger charge is -2.34. The van der Waals surface area contributed by atoms with Crippen molar-refractivity contribution in [3.05, 3.63) is 33.8 Å². The van der Waals surface area contributed by atoms with Gasteiger partial charge in [-0.25, -0.2) is 0 Å². The van der Waals surface area contributed by atoms with Crippen LogP contribution in [0.3, 0.4) is 0 Å². The van der Waals surface area contributed by atoms with E-state index < -0.39 is 0 Å². The molecule has 2 N–H and O–H groups in total. The fourth-order valence-corrected chi connectivity index (χ4v) is 3.90. The molecule has 1 fully saturated rings. The highest BCUT2D eigenvalue weighted by Crippen LogP contribution is 2.25. The lowest BCUT2D eigenvalue weighted by Crippen LogP contribution is -2.46. The topological polar surface area (TPSA) is 42.9 Å². The fraction of sp³-hybridized carbons (Fsp3) is 0.650. The first-order valence-electron chi connectivity index (χ1n) is 9.90. The van der Waals surface area contributed by atoms with Crippen LogP contribution in [0.25, 0.3) is 0 Å². The van der Waals surface area contributed by atoms with Crippen LogP contribution in [0.4, 0.5) is 0 Å². The van der Waals surface area contributed by atoms with Crippen molar-refractivity contribution < 1.29 is 0 Å². The van der Waals surface area contributed by atoms with Crippen LogP contribution in [0, 0.1) is 0 Å². The number of guanidine groups is 1. The first-order chi connectivity index (χ1) is 13.0. The third-order valence-electron chi connectivity index (χ3n) is 5.11. The molecule has 0 bridgehead atoms. The largest absolute Gasteiger partial charge is 0.356 e. The van der Waals surface area contributed by atoms with Crippen molar-refractivity contribution in [2.24, 2.45) is 4.99 Å². The highest BCUT2D eigenvalue weighted by atomic mass is 127. The summed E-state index contributed by atoms with van der Waals surface area (Å²) in [4.78, 5) is 9.40. The molecule has 1 atom stereocenters. The van der Waals surface area contributed by atoms with Gasteiger partial charge < -0.3 is 20.4 Å². The van der Waals surface area contributed by atoms with Gasteiger partial charge in [0.25, 0.3) is 0 Å². The zero-order chi connectivity index (χ0) is 19.6. The number of hydrogen-bond donors (Lipinski definition) is 2. The Hall–Kier alpha value is -0.280. The Morgan fingerprint density at radius 2 is 1.82 bits per heavy atom. The van der Waals surface area contributed by atoms with Crippen molar-refractivity contribution in [2.75, 3.05) is 52.9 Å². The Labute approximate surface area is 197 Å². The average molecular weight is 542 g/mol. The Kier molecular flexibility index (Phi) is 12.7. The number of hydrogen-bond acceptors (Lipinski definition) is 3. The third-order valence-corrected chi connectivity index (χ3v) is 5.67. The lowest BCUT2D eigenvalue weighted by molar-refractivity contribution is 0.136. The van der Waals surface area contributed by atoms with Crippen LogP contribution in [0.2, 0.25) is 10.0 Å². The van der Waals surface area contributed by atoms with Crippen LogP contribution in [0.1, 0.15) is 38.3 Å². The van der Waals surface area contributed by atoms with Gasteiger partial charge in [-0.1, -0.05) is 36.2 Å². The quantitative estimate of drug-likeness (QED) is 0.223. The van der Waals surface area contributed by atoms with Gasteiger partial charge in [0.2, 0.25) is 0 Å².